The molecule has 0 aliphatic carbocycles. The highest BCUT2D eigenvalue weighted by atomic mass is 35.5. The van der Waals surface area contributed by atoms with Crippen molar-refractivity contribution in [2.45, 2.75) is 50.8 Å². The van der Waals surface area contributed by atoms with Crippen molar-refractivity contribution in [2.75, 3.05) is 6.61 Å². The van der Waals surface area contributed by atoms with Crippen LogP contribution in [-0.2, 0) is 17.0 Å². The van der Waals surface area contributed by atoms with Gasteiger partial charge in [0, 0.05) is 23.9 Å². The topological polar surface area (TPSA) is 61.4 Å². The second-order valence-electron chi connectivity index (χ2n) is 7.79. The third kappa shape index (κ3) is 4.79. The zero-order chi connectivity index (χ0) is 22.0. The minimum atomic E-state index is -0.0467. The number of benzene rings is 2. The maximum Gasteiger partial charge on any atom is 0.262 e. The number of fused-ring (bicyclic) bond motifs is 3. The second-order valence-corrected chi connectivity index (χ2v) is 9.17. The fourth-order valence-electron chi connectivity index (χ4n) is 3.51. The second kappa shape index (κ2) is 9.42. The van der Waals surface area contributed by atoms with Crippen molar-refractivity contribution >= 4 is 40.0 Å². The van der Waals surface area contributed by atoms with Crippen molar-refractivity contribution in [3.05, 3.63) is 69.0 Å². The van der Waals surface area contributed by atoms with E-state index in [9.17, 15) is 4.79 Å². The first kappa shape index (κ1) is 21.9. The fourth-order valence-corrected chi connectivity index (χ4v) is 4.61. The molecule has 0 unspecified atom stereocenters. The molecule has 0 N–H and O–H groups in total. The van der Waals surface area contributed by atoms with Gasteiger partial charge in [0.25, 0.3) is 5.56 Å². The Balaban J connectivity index is 1.74. The largest absolute Gasteiger partial charge is 0.379 e. The van der Waals surface area contributed by atoms with E-state index in [1.807, 2.05) is 67.6 Å². The van der Waals surface area contributed by atoms with Gasteiger partial charge in [-0.3, -0.25) is 13.8 Å². The first-order valence-electron chi connectivity index (χ1n) is 10.3. The normalized spacial score (nSPS) is 11.8. The summed E-state index contributed by atoms with van der Waals surface area (Å²) in [4.78, 5) is 13.3. The van der Waals surface area contributed by atoms with Crippen LogP contribution in [0.3, 0.4) is 0 Å². The van der Waals surface area contributed by atoms with Crippen molar-refractivity contribution in [2.24, 2.45) is 0 Å². The van der Waals surface area contributed by atoms with E-state index in [0.717, 1.165) is 28.2 Å². The third-order valence-electron chi connectivity index (χ3n) is 4.96. The van der Waals surface area contributed by atoms with Crippen molar-refractivity contribution in [3.8, 4) is 0 Å². The summed E-state index contributed by atoms with van der Waals surface area (Å²) in [6, 6.07) is 13.7. The standard InChI is InChI=1S/C23H25ClN4O2S/c1-15(2)30-11-5-10-27-21(29)19-12-16(3)8-9-20(19)28-22(27)25-26-23(28)31-14-17-6-4-7-18(24)13-17/h4,6-9,12-13,15H,5,10-11,14H2,1-3H3. The van der Waals surface area contributed by atoms with Crippen molar-refractivity contribution in [1.29, 1.82) is 0 Å². The Morgan fingerprint density at radius 1 is 1.16 bits per heavy atom. The lowest BCUT2D eigenvalue weighted by Gasteiger charge is -2.12. The van der Waals surface area contributed by atoms with Crippen LogP contribution in [0.1, 0.15) is 31.4 Å². The Kier molecular flexibility index (Phi) is 6.65. The van der Waals surface area contributed by atoms with Crippen LogP contribution in [-0.4, -0.2) is 31.9 Å². The Labute approximate surface area is 190 Å². The Hall–Kier alpha value is -2.35. The van der Waals surface area contributed by atoms with Gasteiger partial charge in [-0.15, -0.1) is 10.2 Å². The van der Waals surface area contributed by atoms with Crippen LogP contribution in [0, 0.1) is 6.92 Å². The molecule has 8 heteroatoms. The summed E-state index contributed by atoms with van der Waals surface area (Å²) in [5.74, 6) is 1.26. The van der Waals surface area contributed by atoms with Crippen LogP contribution in [0.5, 0.6) is 0 Å². The van der Waals surface area contributed by atoms with Crippen molar-refractivity contribution in [1.82, 2.24) is 19.2 Å². The lowest BCUT2D eigenvalue weighted by molar-refractivity contribution is 0.0748. The molecule has 162 valence electrons. The molecule has 0 atom stereocenters. The number of halogens is 1. The number of thioether (sulfide) groups is 1. The molecule has 2 aromatic carbocycles. The molecule has 0 aliphatic rings. The molecule has 0 saturated carbocycles. The van der Waals surface area contributed by atoms with Gasteiger partial charge >= 0.3 is 0 Å². The number of ether oxygens (including phenoxy) is 1. The first-order valence-corrected chi connectivity index (χ1v) is 11.7. The predicted molar refractivity (Wildman–Crippen MR) is 126 cm³/mol. The van der Waals surface area contributed by atoms with Gasteiger partial charge in [0.1, 0.15) is 0 Å². The summed E-state index contributed by atoms with van der Waals surface area (Å²) in [7, 11) is 0. The van der Waals surface area contributed by atoms with Gasteiger partial charge < -0.3 is 4.74 Å². The minimum absolute atomic E-state index is 0.0467. The number of aromatic nitrogens is 4. The van der Waals surface area contributed by atoms with E-state index in [4.69, 9.17) is 16.3 Å². The lowest BCUT2D eigenvalue weighted by Crippen LogP contribution is -2.24. The maximum absolute atomic E-state index is 13.3. The molecule has 0 spiro atoms. The highest BCUT2D eigenvalue weighted by Gasteiger charge is 2.17. The maximum atomic E-state index is 13.3. The number of hydrogen-bond acceptors (Lipinski definition) is 5. The van der Waals surface area contributed by atoms with E-state index >= 15 is 0 Å². The molecule has 0 amide bonds. The molecule has 0 aliphatic heterocycles. The number of hydrogen-bond donors (Lipinski definition) is 0. The summed E-state index contributed by atoms with van der Waals surface area (Å²) in [5, 5.41) is 10.9. The van der Waals surface area contributed by atoms with E-state index < -0.39 is 0 Å². The minimum Gasteiger partial charge on any atom is -0.379 e. The van der Waals surface area contributed by atoms with Gasteiger partial charge in [-0.05, 0) is 57.0 Å². The molecule has 31 heavy (non-hydrogen) atoms. The summed E-state index contributed by atoms with van der Waals surface area (Å²) >= 11 is 7.70. The van der Waals surface area contributed by atoms with E-state index in [1.54, 1.807) is 16.3 Å². The molecular weight excluding hydrogens is 432 g/mol. The van der Waals surface area contributed by atoms with Gasteiger partial charge in [0.05, 0.1) is 17.0 Å². The fraction of sp³-hybridized carbons (Fsp3) is 0.348. The van der Waals surface area contributed by atoms with Crippen LogP contribution in [0.4, 0.5) is 0 Å². The van der Waals surface area contributed by atoms with E-state index in [0.29, 0.717) is 35.1 Å². The van der Waals surface area contributed by atoms with E-state index in [1.165, 1.54) is 0 Å². The van der Waals surface area contributed by atoms with E-state index in [2.05, 4.69) is 10.2 Å². The molecule has 4 aromatic rings. The van der Waals surface area contributed by atoms with Gasteiger partial charge in [-0.1, -0.05) is 47.1 Å². The van der Waals surface area contributed by atoms with Crippen LogP contribution >= 0.6 is 23.4 Å². The van der Waals surface area contributed by atoms with Crippen LogP contribution in [0.25, 0.3) is 16.7 Å². The van der Waals surface area contributed by atoms with Crippen LogP contribution in [0.2, 0.25) is 5.02 Å². The molecule has 4 rings (SSSR count). The van der Waals surface area contributed by atoms with E-state index in [-0.39, 0.29) is 11.7 Å². The monoisotopic (exact) mass is 456 g/mol. The SMILES string of the molecule is Cc1ccc2c(c1)c(=O)n(CCCOC(C)C)c1nnc(SCc3cccc(Cl)c3)n21. The summed E-state index contributed by atoms with van der Waals surface area (Å²) < 4.78 is 9.34. The van der Waals surface area contributed by atoms with Gasteiger partial charge in [-0.2, -0.15) is 0 Å². The number of rotatable bonds is 8. The smallest absolute Gasteiger partial charge is 0.262 e. The Morgan fingerprint density at radius 2 is 2.00 bits per heavy atom. The zero-order valence-corrected chi connectivity index (χ0v) is 19.4. The Morgan fingerprint density at radius 3 is 2.77 bits per heavy atom. The molecule has 2 heterocycles. The van der Waals surface area contributed by atoms with Crippen molar-refractivity contribution < 1.29 is 4.74 Å². The number of aryl methyl sites for hydroxylation is 2. The predicted octanol–water partition coefficient (Wildman–Crippen LogP) is 5.11. The third-order valence-corrected chi connectivity index (χ3v) is 6.20. The molecular formula is C23H25ClN4O2S. The highest BCUT2D eigenvalue weighted by molar-refractivity contribution is 7.98. The molecule has 0 bridgehead atoms. The zero-order valence-electron chi connectivity index (χ0n) is 17.8. The van der Waals surface area contributed by atoms with Crippen molar-refractivity contribution in [3.63, 3.8) is 0 Å². The van der Waals surface area contributed by atoms with Gasteiger partial charge in [0.2, 0.25) is 5.78 Å². The number of nitrogens with zero attached hydrogens (tertiary/aromatic N) is 4. The quantitative estimate of drug-likeness (QED) is 0.272. The molecule has 0 fully saturated rings. The summed E-state index contributed by atoms with van der Waals surface area (Å²) in [5.41, 5.74) is 2.92. The first-order chi connectivity index (χ1) is 14.9. The highest BCUT2D eigenvalue weighted by Crippen LogP contribution is 2.26. The van der Waals surface area contributed by atoms with Gasteiger partial charge in [0.15, 0.2) is 5.16 Å². The molecule has 0 radical (unpaired) electrons. The summed E-state index contributed by atoms with van der Waals surface area (Å²) in [6.07, 6.45) is 0.890. The summed E-state index contributed by atoms with van der Waals surface area (Å²) in [6.45, 7) is 7.11. The van der Waals surface area contributed by atoms with Crippen LogP contribution < -0.4 is 5.56 Å². The lowest BCUT2D eigenvalue weighted by atomic mass is 10.1. The molecule has 2 aromatic heterocycles. The van der Waals surface area contributed by atoms with Crippen LogP contribution in [0.15, 0.2) is 52.4 Å². The van der Waals surface area contributed by atoms with Gasteiger partial charge in [-0.25, -0.2) is 0 Å². The molecule has 0 saturated heterocycles. The average molecular weight is 457 g/mol. The average Bonchev–Trinajstić information content (AvgIpc) is 3.15. The Bertz CT molecular complexity index is 1280. The molecule has 6 nitrogen and oxygen atoms in total.